The molecule has 0 unspecified atom stereocenters. The molecule has 130 valence electrons. The molecule has 0 saturated carbocycles. The molecular weight excluding hydrogens is 328 g/mol. The first-order valence-corrected chi connectivity index (χ1v) is 8.63. The zero-order valence-electron chi connectivity index (χ0n) is 14.0. The van der Waals surface area contributed by atoms with Crippen molar-refractivity contribution in [2.75, 3.05) is 31.1 Å². The summed E-state index contributed by atoms with van der Waals surface area (Å²) in [6, 6.07) is 3.42. The maximum Gasteiger partial charge on any atom is 0.239 e. The van der Waals surface area contributed by atoms with Gasteiger partial charge in [-0.1, -0.05) is 25.4 Å². The van der Waals surface area contributed by atoms with E-state index in [0.29, 0.717) is 24.2 Å². The van der Waals surface area contributed by atoms with Crippen LogP contribution in [0.5, 0.6) is 0 Å². The van der Waals surface area contributed by atoms with Crippen LogP contribution in [-0.2, 0) is 4.79 Å². The minimum atomic E-state index is -0.407. The average molecular weight is 351 g/mol. The number of hydrogen-bond acceptors (Lipinski definition) is 5. The highest BCUT2D eigenvalue weighted by Gasteiger charge is 2.26. The zero-order chi connectivity index (χ0) is 17.3. The van der Waals surface area contributed by atoms with Crippen molar-refractivity contribution in [2.45, 2.75) is 26.3 Å². The summed E-state index contributed by atoms with van der Waals surface area (Å²) in [5.41, 5.74) is 6.74. The lowest BCUT2D eigenvalue weighted by atomic mass is 10.0. The fraction of sp³-hybridized carbons (Fsp3) is 0.562. The third kappa shape index (κ3) is 3.47. The zero-order valence-corrected chi connectivity index (χ0v) is 14.8. The lowest BCUT2D eigenvalue weighted by molar-refractivity contribution is -0.133. The van der Waals surface area contributed by atoms with Gasteiger partial charge >= 0.3 is 0 Å². The predicted octanol–water partition coefficient (Wildman–Crippen LogP) is 1.40. The number of amides is 1. The highest BCUT2D eigenvalue weighted by Crippen LogP contribution is 2.18. The second-order valence-electron chi connectivity index (χ2n) is 6.59. The number of nitrogens with zero attached hydrogens (tertiary/aromatic N) is 5. The Morgan fingerprint density at radius 1 is 1.29 bits per heavy atom. The van der Waals surface area contributed by atoms with Crippen LogP contribution in [0, 0.1) is 5.92 Å². The van der Waals surface area contributed by atoms with Crippen LogP contribution in [0.1, 0.15) is 20.3 Å². The Balaban J connectivity index is 1.63. The standard InChI is InChI=1S/C16H23ClN6O/c1-11(2)9-12(18)16(24)22-7-5-21(6-8-22)15-4-3-14-19-10-13(17)23(14)20-15/h3-4,10-12H,5-9,18H2,1-2H3/t12-/m0/s1. The summed E-state index contributed by atoms with van der Waals surface area (Å²) < 4.78 is 1.62. The predicted molar refractivity (Wildman–Crippen MR) is 94.2 cm³/mol. The Kier molecular flexibility index (Phi) is 4.91. The highest BCUT2D eigenvalue weighted by atomic mass is 35.5. The average Bonchev–Trinajstić information content (AvgIpc) is 2.94. The van der Waals surface area contributed by atoms with Gasteiger partial charge in [-0.15, -0.1) is 5.10 Å². The molecule has 0 radical (unpaired) electrons. The molecule has 3 heterocycles. The van der Waals surface area contributed by atoms with E-state index in [1.807, 2.05) is 17.0 Å². The van der Waals surface area contributed by atoms with E-state index in [0.717, 1.165) is 31.0 Å². The summed E-state index contributed by atoms with van der Waals surface area (Å²) in [5, 5.41) is 5.01. The summed E-state index contributed by atoms with van der Waals surface area (Å²) >= 11 is 6.08. The molecule has 1 atom stereocenters. The molecule has 8 heteroatoms. The first-order chi connectivity index (χ1) is 11.5. The van der Waals surface area contributed by atoms with Gasteiger partial charge in [0.05, 0.1) is 12.2 Å². The van der Waals surface area contributed by atoms with E-state index in [1.165, 1.54) is 0 Å². The van der Waals surface area contributed by atoms with Crippen molar-refractivity contribution in [3.05, 3.63) is 23.5 Å². The number of piperazine rings is 1. The quantitative estimate of drug-likeness (QED) is 0.901. The van der Waals surface area contributed by atoms with Crippen molar-refractivity contribution >= 4 is 29.0 Å². The molecule has 1 saturated heterocycles. The maximum atomic E-state index is 12.4. The molecule has 0 bridgehead atoms. The number of carbonyl (C=O) groups is 1. The summed E-state index contributed by atoms with van der Waals surface area (Å²) in [5.74, 6) is 1.30. The summed E-state index contributed by atoms with van der Waals surface area (Å²) in [4.78, 5) is 20.6. The molecule has 1 fully saturated rings. The summed E-state index contributed by atoms with van der Waals surface area (Å²) in [6.45, 7) is 6.92. The maximum absolute atomic E-state index is 12.4. The van der Waals surface area contributed by atoms with Crippen LogP contribution in [0.4, 0.5) is 5.82 Å². The first kappa shape index (κ1) is 17.0. The topological polar surface area (TPSA) is 79.8 Å². The van der Waals surface area contributed by atoms with Crippen LogP contribution in [0.15, 0.2) is 18.3 Å². The summed E-state index contributed by atoms with van der Waals surface area (Å²) in [6.07, 6.45) is 2.30. The Morgan fingerprint density at radius 2 is 2.00 bits per heavy atom. The Labute approximate surface area is 146 Å². The number of aromatic nitrogens is 3. The van der Waals surface area contributed by atoms with Gasteiger partial charge in [0.2, 0.25) is 5.91 Å². The molecule has 0 spiro atoms. The van der Waals surface area contributed by atoms with Crippen LogP contribution < -0.4 is 10.6 Å². The van der Waals surface area contributed by atoms with Crippen LogP contribution in [0.3, 0.4) is 0 Å². The molecule has 1 aliphatic heterocycles. The van der Waals surface area contributed by atoms with Crippen molar-refractivity contribution in [3.8, 4) is 0 Å². The molecule has 0 aromatic carbocycles. The molecule has 3 rings (SSSR count). The lowest BCUT2D eigenvalue weighted by Crippen LogP contribution is -2.53. The third-order valence-corrected chi connectivity index (χ3v) is 4.52. The summed E-state index contributed by atoms with van der Waals surface area (Å²) in [7, 11) is 0. The van der Waals surface area contributed by atoms with Crippen LogP contribution >= 0.6 is 11.6 Å². The van der Waals surface area contributed by atoms with Gasteiger partial charge in [0, 0.05) is 26.2 Å². The number of halogens is 1. The molecule has 2 aromatic heterocycles. The van der Waals surface area contributed by atoms with E-state index < -0.39 is 6.04 Å². The van der Waals surface area contributed by atoms with Crippen molar-refractivity contribution in [2.24, 2.45) is 11.7 Å². The normalized spacial score (nSPS) is 16.9. The van der Waals surface area contributed by atoms with E-state index in [2.05, 4.69) is 28.8 Å². The number of rotatable bonds is 4. The van der Waals surface area contributed by atoms with Crippen LogP contribution in [0.25, 0.3) is 5.65 Å². The number of nitrogens with two attached hydrogens (primary N) is 1. The first-order valence-electron chi connectivity index (χ1n) is 8.25. The molecule has 24 heavy (non-hydrogen) atoms. The number of fused-ring (bicyclic) bond motifs is 1. The lowest BCUT2D eigenvalue weighted by Gasteiger charge is -2.36. The van der Waals surface area contributed by atoms with Crippen molar-refractivity contribution in [1.29, 1.82) is 0 Å². The van der Waals surface area contributed by atoms with Gasteiger partial charge < -0.3 is 15.5 Å². The molecule has 1 aliphatic rings. The van der Waals surface area contributed by atoms with Gasteiger partial charge in [0.1, 0.15) is 5.82 Å². The molecule has 1 amide bonds. The second-order valence-corrected chi connectivity index (χ2v) is 6.98. The third-order valence-electron chi connectivity index (χ3n) is 4.26. The Morgan fingerprint density at radius 3 is 2.67 bits per heavy atom. The van der Waals surface area contributed by atoms with Gasteiger partial charge in [0.25, 0.3) is 0 Å². The van der Waals surface area contributed by atoms with Gasteiger partial charge in [-0.2, -0.15) is 0 Å². The van der Waals surface area contributed by atoms with Crippen LogP contribution in [0.2, 0.25) is 5.15 Å². The molecule has 2 N–H and O–H groups in total. The second kappa shape index (κ2) is 6.94. The Bertz CT molecular complexity index is 722. The van der Waals surface area contributed by atoms with Gasteiger partial charge in [0.15, 0.2) is 10.8 Å². The van der Waals surface area contributed by atoms with E-state index in [-0.39, 0.29) is 5.91 Å². The molecular formula is C16H23ClN6O. The SMILES string of the molecule is CC(C)C[C@H](N)C(=O)N1CCN(c2ccc3ncc(Cl)n3n2)CC1. The largest absolute Gasteiger partial charge is 0.352 e. The monoisotopic (exact) mass is 350 g/mol. The molecule has 7 nitrogen and oxygen atoms in total. The number of hydrogen-bond donors (Lipinski definition) is 1. The van der Waals surface area contributed by atoms with Crippen molar-refractivity contribution in [3.63, 3.8) is 0 Å². The van der Waals surface area contributed by atoms with Gasteiger partial charge in [-0.3, -0.25) is 4.79 Å². The fourth-order valence-electron chi connectivity index (χ4n) is 3.00. The smallest absolute Gasteiger partial charge is 0.239 e. The number of carbonyl (C=O) groups excluding carboxylic acids is 1. The van der Waals surface area contributed by atoms with E-state index in [4.69, 9.17) is 17.3 Å². The van der Waals surface area contributed by atoms with E-state index in [9.17, 15) is 4.79 Å². The van der Waals surface area contributed by atoms with Gasteiger partial charge in [-0.05, 0) is 24.5 Å². The van der Waals surface area contributed by atoms with Crippen molar-refractivity contribution < 1.29 is 4.79 Å². The molecule has 0 aliphatic carbocycles. The van der Waals surface area contributed by atoms with E-state index in [1.54, 1.807) is 10.7 Å². The minimum absolute atomic E-state index is 0.0458. The van der Waals surface area contributed by atoms with E-state index >= 15 is 0 Å². The van der Waals surface area contributed by atoms with Crippen molar-refractivity contribution in [1.82, 2.24) is 19.5 Å². The van der Waals surface area contributed by atoms with Gasteiger partial charge in [-0.25, -0.2) is 9.50 Å². The molecule has 2 aromatic rings. The Hall–Kier alpha value is -1.86. The highest BCUT2D eigenvalue weighted by molar-refractivity contribution is 6.29. The number of imidazole rings is 1. The van der Waals surface area contributed by atoms with Crippen LogP contribution in [-0.4, -0.2) is 57.6 Å². The fourth-order valence-corrected chi connectivity index (χ4v) is 3.18. The minimum Gasteiger partial charge on any atom is -0.352 e. The number of anilines is 1.